The third-order valence-corrected chi connectivity index (χ3v) is 11.7. The molecular formula is C46H64N8O2. The van der Waals surface area contributed by atoms with Crippen molar-refractivity contribution in [3.8, 4) is 33.6 Å². The molecule has 2 saturated heterocycles. The minimum Gasteiger partial charge on any atom is -0.341 e. The maximum atomic E-state index is 12.1. The van der Waals surface area contributed by atoms with Crippen LogP contribution in [0, 0.1) is 0 Å². The summed E-state index contributed by atoms with van der Waals surface area (Å²) in [5.41, 5.74) is 8.96. The van der Waals surface area contributed by atoms with Crippen molar-refractivity contribution < 1.29 is 9.59 Å². The van der Waals surface area contributed by atoms with E-state index in [4.69, 9.17) is 9.97 Å². The fourth-order valence-corrected chi connectivity index (χ4v) is 9.01. The molecule has 2 aromatic heterocycles. The Labute approximate surface area is 335 Å². The van der Waals surface area contributed by atoms with Gasteiger partial charge in [0.2, 0.25) is 12.6 Å². The minimum atomic E-state index is -0.243. The lowest BCUT2D eigenvalue weighted by atomic mass is 9.70. The van der Waals surface area contributed by atoms with Crippen molar-refractivity contribution in [3.63, 3.8) is 0 Å². The molecule has 2 aliphatic rings. The van der Waals surface area contributed by atoms with Crippen LogP contribution in [-0.4, -0.2) is 119 Å². The van der Waals surface area contributed by atoms with E-state index in [-0.39, 0.29) is 35.0 Å². The molecule has 0 aliphatic carbocycles. The van der Waals surface area contributed by atoms with Crippen LogP contribution in [0.1, 0.15) is 115 Å². The van der Waals surface area contributed by atoms with Gasteiger partial charge in [0.15, 0.2) is 0 Å². The zero-order valence-electron chi connectivity index (χ0n) is 35.5. The number of carbonyl (C=O) groups excluding carboxylic acids is 2. The quantitative estimate of drug-likeness (QED) is 0.126. The van der Waals surface area contributed by atoms with Gasteiger partial charge in [0.25, 0.3) is 0 Å². The van der Waals surface area contributed by atoms with Gasteiger partial charge in [-0.25, -0.2) is 9.97 Å². The molecule has 56 heavy (non-hydrogen) atoms. The van der Waals surface area contributed by atoms with Crippen molar-refractivity contribution in [2.45, 2.75) is 115 Å². The fourth-order valence-electron chi connectivity index (χ4n) is 9.01. The second kappa shape index (κ2) is 17.3. The van der Waals surface area contributed by atoms with E-state index in [9.17, 15) is 9.59 Å². The number of benzene rings is 2. The summed E-state index contributed by atoms with van der Waals surface area (Å²) in [7, 11) is 8.16. The van der Waals surface area contributed by atoms with Gasteiger partial charge in [0.05, 0.1) is 47.9 Å². The summed E-state index contributed by atoms with van der Waals surface area (Å²) in [5, 5.41) is 0. The van der Waals surface area contributed by atoms with E-state index in [1.54, 1.807) is 0 Å². The van der Waals surface area contributed by atoms with Crippen molar-refractivity contribution in [2.75, 3.05) is 54.4 Å². The van der Waals surface area contributed by atoms with Crippen molar-refractivity contribution >= 4 is 12.6 Å². The topological polar surface area (TPSA) is 104 Å². The normalized spacial score (nSPS) is 19.6. The van der Waals surface area contributed by atoms with E-state index in [1.165, 1.54) is 27.8 Å². The van der Waals surface area contributed by atoms with Crippen LogP contribution < -0.4 is 0 Å². The summed E-state index contributed by atoms with van der Waals surface area (Å²) >= 11 is 0. The number of imidazole rings is 2. The average Bonchev–Trinajstić information content (AvgIpc) is 3.98. The standard InChI is InChI=1S/C46H64N8O2/c1-45(2,3)41-35(31-15-17-32(18-16-31)37-27-47-43(49-37)39-13-11-23-53(39)33(29-55)21-25-51(7)8)19-20-36(42(41)46(4,5)6)38-28-48-44(50-38)40-14-12-24-54(40)34(30-56)22-26-52(9)10/h15-20,27-28,33-34,39-40H,11-14,21-26H2,1-10H3,(H,47,49)(H,48,50)/t33-,34-,39-,40-/m0/s1. The van der Waals surface area contributed by atoms with Crippen LogP contribution in [0.25, 0.3) is 33.6 Å². The Balaban J connectivity index is 1.29. The largest absolute Gasteiger partial charge is 0.341 e. The predicted molar refractivity (Wildman–Crippen MR) is 227 cm³/mol. The second-order valence-electron chi connectivity index (χ2n) is 18.6. The van der Waals surface area contributed by atoms with Crippen LogP contribution in [0.3, 0.4) is 0 Å². The first-order valence-electron chi connectivity index (χ1n) is 20.6. The summed E-state index contributed by atoms with van der Waals surface area (Å²) in [5.74, 6) is 1.84. The number of likely N-dealkylation sites (tertiary alicyclic amines) is 2. The van der Waals surface area contributed by atoms with E-state index in [0.29, 0.717) is 0 Å². The molecule has 0 saturated carbocycles. The molecule has 6 rings (SSSR count). The first kappa shape index (κ1) is 41.7. The van der Waals surface area contributed by atoms with Crippen LogP contribution in [-0.2, 0) is 20.4 Å². The average molecular weight is 761 g/mol. The number of aromatic amines is 2. The summed E-state index contributed by atoms with van der Waals surface area (Å²) < 4.78 is 0. The first-order chi connectivity index (χ1) is 26.6. The molecule has 2 aliphatic heterocycles. The van der Waals surface area contributed by atoms with Crippen LogP contribution in [0.5, 0.6) is 0 Å². The second-order valence-corrected chi connectivity index (χ2v) is 18.6. The van der Waals surface area contributed by atoms with Gasteiger partial charge in [-0.1, -0.05) is 77.9 Å². The molecule has 10 nitrogen and oxygen atoms in total. The Morgan fingerprint density at radius 2 is 1.09 bits per heavy atom. The van der Waals surface area contributed by atoms with Gasteiger partial charge in [0, 0.05) is 5.56 Å². The maximum absolute atomic E-state index is 12.1. The molecule has 4 aromatic rings. The number of nitrogens with one attached hydrogen (secondary N) is 2. The van der Waals surface area contributed by atoms with E-state index in [2.05, 4.69) is 120 Å². The highest BCUT2D eigenvalue weighted by atomic mass is 16.1. The molecule has 10 heteroatoms. The summed E-state index contributed by atoms with van der Waals surface area (Å²) in [6, 6.07) is 13.1. The van der Waals surface area contributed by atoms with Crippen LogP contribution in [0.15, 0.2) is 48.8 Å². The van der Waals surface area contributed by atoms with Gasteiger partial charge in [0.1, 0.15) is 11.6 Å². The molecule has 4 heterocycles. The van der Waals surface area contributed by atoms with Crippen LogP contribution in [0.4, 0.5) is 0 Å². The van der Waals surface area contributed by atoms with Crippen LogP contribution >= 0.6 is 0 Å². The molecule has 4 atom stereocenters. The Bertz CT molecular complexity index is 1930. The number of hydrogen-bond donors (Lipinski definition) is 2. The molecule has 0 amide bonds. The van der Waals surface area contributed by atoms with Gasteiger partial charge in [-0.05, 0) is 132 Å². The zero-order chi connectivity index (χ0) is 40.4. The summed E-state index contributed by atoms with van der Waals surface area (Å²) in [6.07, 6.45) is 14.1. The number of hydrogen-bond acceptors (Lipinski definition) is 8. The molecule has 2 radical (unpaired) electrons. The number of rotatable bonds is 15. The highest BCUT2D eigenvalue weighted by Crippen LogP contribution is 2.46. The SMILES string of the molecule is CN(C)CC[C@@H]([C]=O)N1CCC[C@H]1c1ncc(-c2ccc(-c3ccc(-c4cnc([C@@H]5CCCN5[C@H]([C]=O)CCN(C)C)[nH]4)c(C(C)(C)C)c3C(C)(C)C)cc2)[nH]1. The van der Waals surface area contributed by atoms with Gasteiger partial charge in [-0.3, -0.25) is 19.4 Å². The van der Waals surface area contributed by atoms with Crippen molar-refractivity contribution in [3.05, 3.63) is 71.6 Å². The molecule has 2 N–H and O–H groups in total. The highest BCUT2D eigenvalue weighted by Gasteiger charge is 2.36. The van der Waals surface area contributed by atoms with Crippen molar-refractivity contribution in [2.24, 2.45) is 0 Å². The van der Waals surface area contributed by atoms with Crippen molar-refractivity contribution in [1.29, 1.82) is 0 Å². The minimum absolute atomic E-state index is 0.0678. The molecule has 2 fully saturated rings. The summed E-state index contributed by atoms with van der Waals surface area (Å²) in [4.78, 5) is 50.1. The lowest BCUT2D eigenvalue weighted by Crippen LogP contribution is -2.38. The van der Waals surface area contributed by atoms with Gasteiger partial charge >= 0.3 is 0 Å². The van der Waals surface area contributed by atoms with Gasteiger partial charge in [-0.15, -0.1) is 0 Å². The maximum Gasteiger partial charge on any atom is 0.217 e. The fraction of sp³-hybridized carbons (Fsp3) is 0.565. The third kappa shape index (κ3) is 9.09. The van der Waals surface area contributed by atoms with Crippen LogP contribution in [0.2, 0.25) is 0 Å². The van der Waals surface area contributed by atoms with E-state index in [0.717, 1.165) is 93.3 Å². The van der Waals surface area contributed by atoms with E-state index >= 15 is 0 Å². The number of nitrogens with zero attached hydrogens (tertiary/aromatic N) is 6. The smallest absolute Gasteiger partial charge is 0.217 e. The van der Waals surface area contributed by atoms with Gasteiger partial charge in [-0.2, -0.15) is 0 Å². The Kier molecular flexibility index (Phi) is 12.8. The molecule has 2 aromatic carbocycles. The molecule has 0 spiro atoms. The Hall–Kier alpha value is -3.96. The first-order valence-corrected chi connectivity index (χ1v) is 20.6. The number of H-pyrrole nitrogens is 2. The van der Waals surface area contributed by atoms with E-state index < -0.39 is 0 Å². The lowest BCUT2D eigenvalue weighted by molar-refractivity contribution is 0.195. The Morgan fingerprint density at radius 1 is 0.661 bits per heavy atom. The summed E-state index contributed by atoms with van der Waals surface area (Å²) in [6.45, 7) is 17.3. The number of aromatic nitrogens is 4. The molecule has 0 unspecified atom stereocenters. The lowest BCUT2D eigenvalue weighted by Gasteiger charge is -2.34. The molecule has 0 bridgehead atoms. The van der Waals surface area contributed by atoms with E-state index in [1.807, 2.05) is 40.6 Å². The molecule has 300 valence electrons. The third-order valence-electron chi connectivity index (χ3n) is 11.7. The predicted octanol–water partition coefficient (Wildman–Crippen LogP) is 7.86. The zero-order valence-corrected chi connectivity index (χ0v) is 35.5. The highest BCUT2D eigenvalue weighted by molar-refractivity contribution is 5.79. The Morgan fingerprint density at radius 3 is 1.55 bits per heavy atom. The monoisotopic (exact) mass is 761 g/mol. The van der Waals surface area contributed by atoms with Gasteiger partial charge < -0.3 is 19.8 Å². The molecular weight excluding hydrogens is 697 g/mol. The van der Waals surface area contributed by atoms with Crippen molar-refractivity contribution in [1.82, 2.24) is 39.5 Å².